The minimum atomic E-state index is -3.79. The molecule has 0 aliphatic carbocycles. The predicted octanol–water partition coefficient (Wildman–Crippen LogP) is 2.88. The summed E-state index contributed by atoms with van der Waals surface area (Å²) in [5.41, 5.74) is 1.89. The largest absolute Gasteiger partial charge is 0.369 e. The molecule has 2 aliphatic rings. The van der Waals surface area contributed by atoms with Gasteiger partial charge in [0, 0.05) is 5.92 Å². The van der Waals surface area contributed by atoms with Crippen LogP contribution in [0.3, 0.4) is 0 Å². The molecule has 2 saturated heterocycles. The molecule has 6 atom stereocenters. The number of ether oxygens (including phenoxy) is 3. The first-order chi connectivity index (χ1) is 15.3. The summed E-state index contributed by atoms with van der Waals surface area (Å²) in [6.07, 6.45) is -2.02. The Labute approximate surface area is 188 Å². The van der Waals surface area contributed by atoms with Crippen molar-refractivity contribution in [1.82, 2.24) is 0 Å². The Hall–Kier alpha value is -2.10. The van der Waals surface area contributed by atoms with Crippen molar-refractivity contribution in [3.63, 3.8) is 0 Å². The fourth-order valence-electron chi connectivity index (χ4n) is 4.47. The number of rotatable bonds is 9. The second-order valence-electron chi connectivity index (χ2n) is 8.38. The van der Waals surface area contributed by atoms with E-state index in [0.717, 1.165) is 17.4 Å². The quantitative estimate of drug-likeness (QED) is 0.532. The lowest BCUT2D eigenvalue weighted by atomic mass is 9.93. The molecule has 2 unspecified atom stereocenters. The molecule has 2 bridgehead atoms. The Bertz CT molecular complexity index is 1010. The summed E-state index contributed by atoms with van der Waals surface area (Å²) in [4.78, 5) is 12.4. The molecule has 7 nitrogen and oxygen atoms in total. The molecule has 32 heavy (non-hydrogen) atoms. The number of ketones is 1. The van der Waals surface area contributed by atoms with Crippen molar-refractivity contribution in [1.29, 1.82) is 0 Å². The molecule has 2 heterocycles. The van der Waals surface area contributed by atoms with Crippen LogP contribution in [-0.2, 0) is 46.5 Å². The molecule has 2 aromatic rings. The van der Waals surface area contributed by atoms with Crippen molar-refractivity contribution >= 4 is 15.9 Å². The summed E-state index contributed by atoms with van der Waals surface area (Å²) in [5.74, 6) is -0.426. The Morgan fingerprint density at radius 2 is 1.44 bits per heavy atom. The highest BCUT2D eigenvalue weighted by Gasteiger charge is 2.57. The van der Waals surface area contributed by atoms with Gasteiger partial charge in [0.15, 0.2) is 0 Å². The summed E-state index contributed by atoms with van der Waals surface area (Å²) in [6.45, 7) is 2.05. The predicted molar refractivity (Wildman–Crippen MR) is 117 cm³/mol. The van der Waals surface area contributed by atoms with Crippen LogP contribution < -0.4 is 0 Å². The molecule has 0 saturated carbocycles. The van der Waals surface area contributed by atoms with E-state index in [2.05, 4.69) is 0 Å². The summed E-state index contributed by atoms with van der Waals surface area (Å²) >= 11 is 0. The van der Waals surface area contributed by atoms with Crippen LogP contribution in [0.1, 0.15) is 24.5 Å². The first-order valence-electron chi connectivity index (χ1n) is 10.7. The van der Waals surface area contributed by atoms with Gasteiger partial charge in [-0.2, -0.15) is 8.42 Å². The standard InChI is InChI=1S/C24H28O7S/c1-16(25)19-13-20-22(31-32(2,26)27)24(29-15-18-11-7-4-8-12-18)23(21(19)30-20)28-14-17-9-5-3-6-10-17/h3-12,19-24H,13-15H2,1-2H3/t19-,20?,21?,22-,23+,24+/m1/s1. The van der Waals surface area contributed by atoms with Gasteiger partial charge in [-0.3, -0.25) is 8.98 Å². The van der Waals surface area contributed by atoms with Gasteiger partial charge < -0.3 is 14.2 Å². The fourth-order valence-corrected chi connectivity index (χ4v) is 5.11. The average Bonchev–Trinajstić information content (AvgIpc) is 3.16. The van der Waals surface area contributed by atoms with Crippen LogP contribution in [-0.4, -0.2) is 51.0 Å². The van der Waals surface area contributed by atoms with E-state index in [0.29, 0.717) is 6.42 Å². The molecule has 0 radical (unpaired) electrons. The van der Waals surface area contributed by atoms with Crippen LogP contribution in [0.5, 0.6) is 0 Å². The van der Waals surface area contributed by atoms with E-state index in [1.807, 2.05) is 60.7 Å². The van der Waals surface area contributed by atoms with Crippen molar-refractivity contribution in [3.05, 3.63) is 71.8 Å². The summed E-state index contributed by atoms with van der Waals surface area (Å²) < 4.78 is 48.1. The maximum Gasteiger partial charge on any atom is 0.264 e. The molecular formula is C24H28O7S. The highest BCUT2D eigenvalue weighted by Crippen LogP contribution is 2.42. The summed E-state index contributed by atoms with van der Waals surface area (Å²) in [5, 5.41) is 0. The van der Waals surface area contributed by atoms with Gasteiger partial charge in [0.25, 0.3) is 10.1 Å². The van der Waals surface area contributed by atoms with Gasteiger partial charge in [0.2, 0.25) is 0 Å². The first-order valence-corrected chi connectivity index (χ1v) is 12.5. The van der Waals surface area contributed by atoms with E-state index in [4.69, 9.17) is 18.4 Å². The molecular weight excluding hydrogens is 432 g/mol. The summed E-state index contributed by atoms with van der Waals surface area (Å²) in [6, 6.07) is 19.2. The first kappa shape index (κ1) is 23.1. The van der Waals surface area contributed by atoms with E-state index in [9.17, 15) is 13.2 Å². The summed E-state index contributed by atoms with van der Waals surface area (Å²) in [7, 11) is -3.79. The SMILES string of the molecule is CC(=O)[C@H]1CC2OC1[C@H](OCc1ccccc1)[C@@H](OCc1ccccc1)[C@@H]2OS(C)(=O)=O. The fraction of sp³-hybridized carbons (Fsp3) is 0.458. The van der Waals surface area contributed by atoms with Crippen LogP contribution in [0.4, 0.5) is 0 Å². The number of Topliss-reactive ketones (excluding diaryl/α,β-unsaturated/α-hetero) is 1. The third-order valence-corrected chi connectivity index (χ3v) is 6.50. The van der Waals surface area contributed by atoms with Crippen molar-refractivity contribution < 1.29 is 31.6 Å². The van der Waals surface area contributed by atoms with E-state index in [-0.39, 0.29) is 19.0 Å². The van der Waals surface area contributed by atoms with Crippen molar-refractivity contribution in [3.8, 4) is 0 Å². The number of hydrogen-bond donors (Lipinski definition) is 0. The lowest BCUT2D eigenvalue weighted by Gasteiger charge is -2.41. The van der Waals surface area contributed by atoms with Crippen LogP contribution in [0.25, 0.3) is 0 Å². The highest BCUT2D eigenvalue weighted by atomic mass is 32.2. The molecule has 2 aliphatic heterocycles. The number of carbonyl (C=O) groups excluding carboxylic acids is 1. The molecule has 4 rings (SSSR count). The lowest BCUT2D eigenvalue weighted by Crippen LogP contribution is -2.57. The molecule has 0 N–H and O–H groups in total. The Balaban J connectivity index is 1.63. The molecule has 0 spiro atoms. The zero-order valence-electron chi connectivity index (χ0n) is 18.1. The maximum atomic E-state index is 12.4. The molecule has 172 valence electrons. The number of fused-ring (bicyclic) bond motifs is 2. The van der Waals surface area contributed by atoms with Gasteiger partial charge in [0.1, 0.15) is 24.1 Å². The second-order valence-corrected chi connectivity index (χ2v) is 9.98. The highest BCUT2D eigenvalue weighted by molar-refractivity contribution is 7.86. The topological polar surface area (TPSA) is 88.1 Å². The Morgan fingerprint density at radius 3 is 1.94 bits per heavy atom. The second kappa shape index (κ2) is 9.80. The van der Waals surface area contributed by atoms with Gasteiger partial charge >= 0.3 is 0 Å². The van der Waals surface area contributed by atoms with Crippen LogP contribution in [0.2, 0.25) is 0 Å². The van der Waals surface area contributed by atoms with E-state index in [1.165, 1.54) is 6.92 Å². The third kappa shape index (κ3) is 5.44. The van der Waals surface area contributed by atoms with Crippen LogP contribution in [0, 0.1) is 5.92 Å². The van der Waals surface area contributed by atoms with Crippen molar-refractivity contribution in [2.24, 2.45) is 5.92 Å². The van der Waals surface area contributed by atoms with E-state index < -0.39 is 46.6 Å². The minimum Gasteiger partial charge on any atom is -0.369 e. The van der Waals surface area contributed by atoms with Gasteiger partial charge in [-0.15, -0.1) is 0 Å². The van der Waals surface area contributed by atoms with Crippen molar-refractivity contribution in [2.45, 2.75) is 57.1 Å². The smallest absolute Gasteiger partial charge is 0.264 e. The van der Waals surface area contributed by atoms with Crippen LogP contribution >= 0.6 is 0 Å². The molecule has 2 aromatic carbocycles. The van der Waals surface area contributed by atoms with E-state index in [1.54, 1.807) is 0 Å². The van der Waals surface area contributed by atoms with Gasteiger partial charge in [0.05, 0.1) is 31.7 Å². The zero-order valence-corrected chi connectivity index (χ0v) is 18.9. The maximum absolute atomic E-state index is 12.4. The average molecular weight is 461 g/mol. The van der Waals surface area contributed by atoms with Crippen molar-refractivity contribution in [2.75, 3.05) is 6.26 Å². The Morgan fingerprint density at radius 1 is 0.906 bits per heavy atom. The molecule has 8 heteroatoms. The van der Waals surface area contributed by atoms with Crippen LogP contribution in [0.15, 0.2) is 60.7 Å². The molecule has 2 fully saturated rings. The lowest BCUT2D eigenvalue weighted by molar-refractivity contribution is -0.226. The third-order valence-electron chi connectivity index (χ3n) is 5.93. The number of hydrogen-bond acceptors (Lipinski definition) is 7. The number of benzene rings is 2. The number of carbonyl (C=O) groups is 1. The Kier molecular flexibility index (Phi) is 7.07. The monoisotopic (exact) mass is 460 g/mol. The van der Waals surface area contributed by atoms with Gasteiger partial charge in [-0.05, 0) is 24.5 Å². The zero-order chi connectivity index (χ0) is 22.7. The normalized spacial score (nSPS) is 29.7. The van der Waals surface area contributed by atoms with E-state index >= 15 is 0 Å². The molecule has 0 amide bonds. The van der Waals surface area contributed by atoms with Gasteiger partial charge in [-0.1, -0.05) is 60.7 Å². The minimum absolute atomic E-state index is 0.0207. The van der Waals surface area contributed by atoms with Gasteiger partial charge in [-0.25, -0.2) is 0 Å². The molecule has 0 aromatic heterocycles.